The number of morpholine rings is 1. The highest BCUT2D eigenvalue weighted by atomic mass is 32.2. The Morgan fingerprint density at radius 3 is 2.80 bits per heavy atom. The maximum Gasteiger partial charge on any atom is 0.191 e. The molecule has 0 aliphatic carbocycles. The first kappa shape index (κ1) is 22.3. The van der Waals surface area contributed by atoms with Gasteiger partial charge in [0.05, 0.1) is 30.8 Å². The van der Waals surface area contributed by atoms with Crippen LogP contribution in [0.15, 0.2) is 5.16 Å². The van der Waals surface area contributed by atoms with Gasteiger partial charge < -0.3 is 14.8 Å². The number of thiophene rings is 1. The molecule has 2 aromatic rings. The van der Waals surface area contributed by atoms with E-state index in [0.29, 0.717) is 11.9 Å². The van der Waals surface area contributed by atoms with Crippen molar-refractivity contribution < 1.29 is 9.47 Å². The second-order valence-electron chi connectivity index (χ2n) is 8.71. The molecule has 6 nitrogen and oxygen atoms in total. The van der Waals surface area contributed by atoms with Crippen LogP contribution >= 0.6 is 23.1 Å². The van der Waals surface area contributed by atoms with Crippen LogP contribution in [-0.2, 0) is 22.5 Å². The molecule has 30 heavy (non-hydrogen) atoms. The standard InChI is InChI=1S/C22H34N4O2S2/c1-5-22(4)13-16-17(14-28-22)30-20-18(16)19(24-21(25-20)29-15(2)3)23-7-6-8-26-9-11-27-12-10-26/h15H,5-14H2,1-4H3,(H,23,24,25)/t22-/m1/s1. The predicted octanol–water partition coefficient (Wildman–Crippen LogP) is 4.57. The summed E-state index contributed by atoms with van der Waals surface area (Å²) in [6.45, 7) is 15.3. The van der Waals surface area contributed by atoms with Gasteiger partial charge in [-0.3, -0.25) is 4.90 Å². The van der Waals surface area contributed by atoms with Crippen LogP contribution in [-0.4, -0.2) is 65.1 Å². The maximum absolute atomic E-state index is 6.19. The molecule has 1 fully saturated rings. The van der Waals surface area contributed by atoms with Crippen LogP contribution in [0, 0.1) is 0 Å². The second-order valence-corrected chi connectivity index (χ2v) is 11.3. The van der Waals surface area contributed by atoms with Gasteiger partial charge in [0, 0.05) is 36.2 Å². The third-order valence-corrected chi connectivity index (χ3v) is 7.92. The van der Waals surface area contributed by atoms with Crippen molar-refractivity contribution >= 4 is 39.1 Å². The largest absolute Gasteiger partial charge is 0.379 e. The summed E-state index contributed by atoms with van der Waals surface area (Å²) in [7, 11) is 0. The van der Waals surface area contributed by atoms with Crippen molar-refractivity contribution in [3.8, 4) is 0 Å². The molecule has 2 aliphatic rings. The number of hydrogen-bond acceptors (Lipinski definition) is 8. The summed E-state index contributed by atoms with van der Waals surface area (Å²) in [4.78, 5) is 14.8. The summed E-state index contributed by atoms with van der Waals surface area (Å²) in [5.41, 5.74) is 1.29. The Morgan fingerprint density at radius 2 is 2.07 bits per heavy atom. The Morgan fingerprint density at radius 1 is 1.27 bits per heavy atom. The Kier molecular flexibility index (Phi) is 7.19. The van der Waals surface area contributed by atoms with Gasteiger partial charge in [-0.1, -0.05) is 32.5 Å². The molecule has 166 valence electrons. The Labute approximate surface area is 188 Å². The van der Waals surface area contributed by atoms with E-state index in [-0.39, 0.29) is 5.60 Å². The van der Waals surface area contributed by atoms with E-state index in [4.69, 9.17) is 19.4 Å². The minimum Gasteiger partial charge on any atom is -0.379 e. The first-order valence-electron chi connectivity index (χ1n) is 11.1. The zero-order valence-corrected chi connectivity index (χ0v) is 20.3. The molecule has 0 unspecified atom stereocenters. The summed E-state index contributed by atoms with van der Waals surface area (Å²) in [5.74, 6) is 1.00. The molecule has 2 aromatic heterocycles. The van der Waals surface area contributed by atoms with Crippen molar-refractivity contribution in [3.63, 3.8) is 0 Å². The maximum atomic E-state index is 6.19. The van der Waals surface area contributed by atoms with Crippen molar-refractivity contribution in [1.29, 1.82) is 0 Å². The van der Waals surface area contributed by atoms with Crippen molar-refractivity contribution in [1.82, 2.24) is 14.9 Å². The van der Waals surface area contributed by atoms with Gasteiger partial charge >= 0.3 is 0 Å². The molecule has 0 aromatic carbocycles. The topological polar surface area (TPSA) is 59.5 Å². The molecule has 0 amide bonds. The van der Waals surface area contributed by atoms with Gasteiger partial charge in [-0.25, -0.2) is 9.97 Å². The lowest BCUT2D eigenvalue weighted by Gasteiger charge is -2.33. The first-order valence-corrected chi connectivity index (χ1v) is 12.8. The van der Waals surface area contributed by atoms with Crippen molar-refractivity contribution in [3.05, 3.63) is 10.4 Å². The second kappa shape index (κ2) is 9.69. The van der Waals surface area contributed by atoms with Gasteiger partial charge in [-0.2, -0.15) is 0 Å². The van der Waals surface area contributed by atoms with Crippen LogP contribution in [0.3, 0.4) is 0 Å². The Balaban J connectivity index is 1.56. The molecule has 1 saturated heterocycles. The summed E-state index contributed by atoms with van der Waals surface area (Å²) in [5, 5.41) is 6.21. The summed E-state index contributed by atoms with van der Waals surface area (Å²) < 4.78 is 11.6. The van der Waals surface area contributed by atoms with E-state index >= 15 is 0 Å². The number of rotatable bonds is 8. The van der Waals surface area contributed by atoms with E-state index < -0.39 is 0 Å². The molecular weight excluding hydrogens is 416 g/mol. The van der Waals surface area contributed by atoms with Crippen molar-refractivity contribution in [2.45, 2.75) is 69.6 Å². The van der Waals surface area contributed by atoms with E-state index in [1.165, 1.54) is 15.8 Å². The number of ether oxygens (including phenoxy) is 2. The molecule has 0 bridgehead atoms. The average Bonchev–Trinajstić information content (AvgIpc) is 3.08. The molecule has 2 aliphatic heterocycles. The first-order chi connectivity index (χ1) is 14.5. The van der Waals surface area contributed by atoms with E-state index in [1.54, 1.807) is 23.1 Å². The molecule has 8 heteroatoms. The lowest BCUT2D eigenvalue weighted by Crippen LogP contribution is -2.37. The van der Waals surface area contributed by atoms with Gasteiger partial charge in [-0.15, -0.1) is 11.3 Å². The molecular formula is C22H34N4O2S2. The number of anilines is 1. The quantitative estimate of drug-likeness (QED) is 0.359. The summed E-state index contributed by atoms with van der Waals surface area (Å²) >= 11 is 3.51. The molecule has 0 saturated carbocycles. The molecule has 1 atom stereocenters. The van der Waals surface area contributed by atoms with E-state index in [9.17, 15) is 0 Å². The zero-order chi connectivity index (χ0) is 21.1. The SMILES string of the molecule is CC[C@]1(C)Cc2c(sc3nc(SC(C)C)nc(NCCCN4CCOCC4)c23)CO1. The van der Waals surface area contributed by atoms with Crippen molar-refractivity contribution in [2.24, 2.45) is 0 Å². The van der Waals surface area contributed by atoms with Crippen LogP contribution in [0.4, 0.5) is 5.82 Å². The highest BCUT2D eigenvalue weighted by Gasteiger charge is 2.33. The highest BCUT2D eigenvalue weighted by molar-refractivity contribution is 7.99. The fourth-order valence-corrected chi connectivity index (χ4v) is 5.88. The minimum atomic E-state index is -0.0973. The highest BCUT2D eigenvalue weighted by Crippen LogP contribution is 2.42. The molecule has 1 N–H and O–H groups in total. The van der Waals surface area contributed by atoms with Crippen LogP contribution in [0.1, 0.15) is 51.0 Å². The normalized spacial score (nSPS) is 22.6. The molecule has 4 rings (SSSR count). The lowest BCUT2D eigenvalue weighted by molar-refractivity contribution is -0.0542. The predicted molar refractivity (Wildman–Crippen MR) is 126 cm³/mol. The molecule has 0 radical (unpaired) electrons. The van der Waals surface area contributed by atoms with Gasteiger partial charge in [0.15, 0.2) is 5.16 Å². The summed E-state index contributed by atoms with van der Waals surface area (Å²) in [6.07, 6.45) is 3.04. The Bertz CT molecular complexity index is 866. The van der Waals surface area contributed by atoms with Crippen LogP contribution in [0.25, 0.3) is 10.2 Å². The monoisotopic (exact) mass is 450 g/mol. The number of fused-ring (bicyclic) bond motifs is 3. The number of nitrogens with one attached hydrogen (secondary N) is 1. The number of hydrogen-bond donors (Lipinski definition) is 1. The van der Waals surface area contributed by atoms with Gasteiger partial charge in [0.1, 0.15) is 10.6 Å². The molecule has 4 heterocycles. The van der Waals surface area contributed by atoms with Crippen LogP contribution in [0.5, 0.6) is 0 Å². The van der Waals surface area contributed by atoms with E-state index in [0.717, 1.165) is 74.5 Å². The molecule has 0 spiro atoms. The van der Waals surface area contributed by atoms with Gasteiger partial charge in [0.2, 0.25) is 0 Å². The fourth-order valence-electron chi connectivity index (χ4n) is 4.01. The summed E-state index contributed by atoms with van der Waals surface area (Å²) in [6, 6.07) is 0. The lowest BCUT2D eigenvalue weighted by atomic mass is 9.90. The third-order valence-electron chi connectivity index (χ3n) is 5.95. The van der Waals surface area contributed by atoms with Crippen LogP contribution in [0.2, 0.25) is 0 Å². The fraction of sp³-hybridized carbons (Fsp3) is 0.727. The number of thioether (sulfide) groups is 1. The minimum absolute atomic E-state index is 0.0973. The van der Waals surface area contributed by atoms with Crippen LogP contribution < -0.4 is 5.32 Å². The number of nitrogens with zero attached hydrogens (tertiary/aromatic N) is 3. The van der Waals surface area contributed by atoms with E-state index in [1.807, 2.05) is 0 Å². The van der Waals surface area contributed by atoms with E-state index in [2.05, 4.69) is 37.9 Å². The van der Waals surface area contributed by atoms with Gasteiger partial charge in [0.25, 0.3) is 0 Å². The smallest absolute Gasteiger partial charge is 0.191 e. The number of aromatic nitrogens is 2. The third kappa shape index (κ3) is 5.10. The van der Waals surface area contributed by atoms with Gasteiger partial charge in [-0.05, 0) is 31.9 Å². The average molecular weight is 451 g/mol. The zero-order valence-electron chi connectivity index (χ0n) is 18.6. The Hall–Kier alpha value is -0.930. The van der Waals surface area contributed by atoms with Crippen molar-refractivity contribution in [2.75, 3.05) is 44.7 Å².